The summed E-state index contributed by atoms with van der Waals surface area (Å²) >= 11 is 1.05. The van der Waals surface area contributed by atoms with E-state index in [1.165, 1.54) is 12.3 Å². The number of nitrogens with zero attached hydrogens (tertiary/aromatic N) is 1. The van der Waals surface area contributed by atoms with Crippen LogP contribution in [0.5, 0.6) is 0 Å². The third-order valence-corrected chi connectivity index (χ3v) is 2.80. The number of hydrogen-bond acceptors (Lipinski definition) is 6. The van der Waals surface area contributed by atoms with Gasteiger partial charge in [-0.25, -0.2) is 9.78 Å². The number of thiazole rings is 1. The first-order valence-corrected chi connectivity index (χ1v) is 6.19. The lowest BCUT2D eigenvalue weighted by Gasteiger charge is -2.11. The summed E-state index contributed by atoms with van der Waals surface area (Å²) < 4.78 is 0. The van der Waals surface area contributed by atoms with Crippen LogP contribution in [0.1, 0.15) is 23.8 Å². The molecule has 0 aliphatic rings. The summed E-state index contributed by atoms with van der Waals surface area (Å²) in [6, 6.07) is -1.18. The lowest BCUT2D eigenvalue weighted by atomic mass is 10.2. The molecule has 2 amide bonds. The number of aliphatic carboxylic acids is 1. The number of carbonyl (C=O) groups excluding carboxylic acids is 2. The molecule has 0 unspecified atom stereocenters. The summed E-state index contributed by atoms with van der Waals surface area (Å²) in [5, 5.41) is 23.8. The molecule has 0 spiro atoms. The van der Waals surface area contributed by atoms with Gasteiger partial charge in [0.1, 0.15) is 11.7 Å². The van der Waals surface area contributed by atoms with Crippen LogP contribution in [0.25, 0.3) is 0 Å². The van der Waals surface area contributed by atoms with Crippen LogP contribution >= 0.6 is 11.3 Å². The van der Waals surface area contributed by atoms with E-state index in [4.69, 9.17) is 10.2 Å². The van der Waals surface area contributed by atoms with Gasteiger partial charge < -0.3 is 20.8 Å². The van der Waals surface area contributed by atoms with E-state index in [0.29, 0.717) is 0 Å². The molecule has 1 aromatic heterocycles. The third-order valence-electron chi connectivity index (χ3n) is 2.04. The molecule has 1 atom stereocenters. The van der Waals surface area contributed by atoms with Crippen LogP contribution in [-0.2, 0) is 9.59 Å². The van der Waals surface area contributed by atoms with Crippen LogP contribution in [0.3, 0.4) is 0 Å². The van der Waals surface area contributed by atoms with Crippen molar-refractivity contribution in [3.05, 3.63) is 11.1 Å². The minimum Gasteiger partial charge on any atom is -0.480 e. The molecular weight excluding hydrogens is 274 g/mol. The zero-order chi connectivity index (χ0) is 14.4. The first-order chi connectivity index (χ1) is 8.93. The number of carboxylic acids is 1. The van der Waals surface area contributed by atoms with Crippen molar-refractivity contribution in [2.24, 2.45) is 0 Å². The molecule has 0 aliphatic carbocycles. The highest BCUT2D eigenvalue weighted by atomic mass is 32.1. The standard InChI is InChI=1S/C10H13N3O5S/c1-5(15)11-10-13-7(4-19-10)8(16)12-6(2-3-14)9(17)18/h4,6,14H,2-3H2,1H3,(H,12,16)(H,17,18)(H,11,13,15)/t6-/m1/s1. The number of rotatable bonds is 6. The van der Waals surface area contributed by atoms with Crippen LogP contribution in [-0.4, -0.2) is 45.6 Å². The van der Waals surface area contributed by atoms with Crippen LogP contribution in [0.4, 0.5) is 5.13 Å². The Morgan fingerprint density at radius 2 is 2.16 bits per heavy atom. The number of anilines is 1. The fourth-order valence-electron chi connectivity index (χ4n) is 1.20. The maximum Gasteiger partial charge on any atom is 0.326 e. The van der Waals surface area contributed by atoms with Crippen molar-refractivity contribution in [2.75, 3.05) is 11.9 Å². The molecule has 8 nitrogen and oxygen atoms in total. The number of carbonyl (C=O) groups is 3. The van der Waals surface area contributed by atoms with Crippen molar-refractivity contribution in [2.45, 2.75) is 19.4 Å². The number of nitrogens with one attached hydrogen (secondary N) is 2. The molecule has 0 aromatic carbocycles. The first kappa shape index (κ1) is 15.1. The fraction of sp³-hybridized carbons (Fsp3) is 0.400. The van der Waals surface area contributed by atoms with Crippen molar-refractivity contribution < 1.29 is 24.6 Å². The van der Waals surface area contributed by atoms with Crippen LogP contribution in [0.2, 0.25) is 0 Å². The van der Waals surface area contributed by atoms with Crippen LogP contribution in [0, 0.1) is 0 Å². The van der Waals surface area contributed by atoms with E-state index in [2.05, 4.69) is 15.6 Å². The van der Waals surface area contributed by atoms with Gasteiger partial charge >= 0.3 is 5.97 Å². The molecule has 0 saturated heterocycles. The lowest BCUT2D eigenvalue weighted by Crippen LogP contribution is -2.41. The summed E-state index contributed by atoms with van der Waals surface area (Å²) in [7, 11) is 0. The number of amides is 2. The highest BCUT2D eigenvalue weighted by Gasteiger charge is 2.21. The maximum absolute atomic E-state index is 11.7. The Kier molecular flexibility index (Phi) is 5.39. The van der Waals surface area contributed by atoms with E-state index in [1.807, 2.05) is 0 Å². The van der Waals surface area contributed by atoms with Gasteiger partial charge in [-0.3, -0.25) is 9.59 Å². The van der Waals surface area contributed by atoms with Gasteiger partial charge in [-0.05, 0) is 0 Å². The van der Waals surface area contributed by atoms with Gasteiger partial charge in [0.25, 0.3) is 5.91 Å². The molecule has 0 fully saturated rings. The maximum atomic E-state index is 11.7. The predicted molar refractivity (Wildman–Crippen MR) is 67.0 cm³/mol. The average molecular weight is 287 g/mol. The summed E-state index contributed by atoms with van der Waals surface area (Å²) in [5.41, 5.74) is 0.0120. The number of carboxylic acid groups (broad SMARTS) is 1. The van der Waals surface area contributed by atoms with Crippen molar-refractivity contribution >= 4 is 34.3 Å². The van der Waals surface area contributed by atoms with Gasteiger partial charge in [0.15, 0.2) is 5.13 Å². The van der Waals surface area contributed by atoms with E-state index in [0.717, 1.165) is 11.3 Å². The second kappa shape index (κ2) is 6.81. The number of aliphatic hydroxyl groups is 1. The smallest absolute Gasteiger partial charge is 0.326 e. The van der Waals surface area contributed by atoms with Gasteiger partial charge in [0, 0.05) is 25.3 Å². The Morgan fingerprint density at radius 1 is 1.47 bits per heavy atom. The Hall–Kier alpha value is -2.00. The monoisotopic (exact) mass is 287 g/mol. The molecule has 4 N–H and O–H groups in total. The second-order valence-electron chi connectivity index (χ2n) is 3.60. The van der Waals surface area contributed by atoms with Crippen LogP contribution in [0.15, 0.2) is 5.38 Å². The Balaban J connectivity index is 2.69. The van der Waals surface area contributed by atoms with E-state index in [-0.39, 0.29) is 29.8 Å². The quantitative estimate of drug-likeness (QED) is 0.567. The Labute approximate surface area is 112 Å². The minimum atomic E-state index is -1.24. The lowest BCUT2D eigenvalue weighted by molar-refractivity contribution is -0.139. The van der Waals surface area contributed by atoms with E-state index < -0.39 is 17.9 Å². The molecule has 0 aliphatic heterocycles. The SMILES string of the molecule is CC(=O)Nc1nc(C(=O)N[C@H](CCO)C(=O)O)cs1. The molecule has 19 heavy (non-hydrogen) atoms. The first-order valence-electron chi connectivity index (χ1n) is 5.31. The van der Waals surface area contributed by atoms with Crippen molar-refractivity contribution in [1.82, 2.24) is 10.3 Å². The molecule has 0 radical (unpaired) electrons. The molecule has 0 bridgehead atoms. The van der Waals surface area contributed by atoms with Crippen molar-refractivity contribution in [3.63, 3.8) is 0 Å². The fourth-order valence-corrected chi connectivity index (χ4v) is 1.94. The zero-order valence-electron chi connectivity index (χ0n) is 10.0. The van der Waals surface area contributed by atoms with Crippen LogP contribution < -0.4 is 10.6 Å². The third kappa shape index (κ3) is 4.64. The number of aromatic nitrogens is 1. The normalized spacial score (nSPS) is 11.7. The van der Waals surface area contributed by atoms with E-state index in [9.17, 15) is 14.4 Å². The summed E-state index contributed by atoms with van der Waals surface area (Å²) in [5.74, 6) is -2.22. The molecule has 0 saturated carbocycles. The summed E-state index contributed by atoms with van der Waals surface area (Å²) in [6.07, 6.45) is -0.0935. The minimum absolute atomic E-state index is 0.0120. The molecule has 104 valence electrons. The molecular formula is C10H13N3O5S. The van der Waals surface area contributed by atoms with Gasteiger partial charge in [-0.2, -0.15) is 0 Å². The highest BCUT2D eigenvalue weighted by molar-refractivity contribution is 7.14. The van der Waals surface area contributed by atoms with Gasteiger partial charge in [-0.1, -0.05) is 0 Å². The van der Waals surface area contributed by atoms with E-state index >= 15 is 0 Å². The van der Waals surface area contributed by atoms with Gasteiger partial charge in [-0.15, -0.1) is 11.3 Å². The van der Waals surface area contributed by atoms with Crippen molar-refractivity contribution in [3.8, 4) is 0 Å². The number of hydrogen-bond donors (Lipinski definition) is 4. The zero-order valence-corrected chi connectivity index (χ0v) is 10.9. The van der Waals surface area contributed by atoms with Crippen molar-refractivity contribution in [1.29, 1.82) is 0 Å². The highest BCUT2D eigenvalue weighted by Crippen LogP contribution is 2.15. The number of aliphatic hydroxyl groups excluding tert-OH is 1. The Bertz CT molecular complexity index is 487. The summed E-state index contributed by atoms with van der Waals surface area (Å²) in [6.45, 7) is 0.953. The molecule has 9 heteroatoms. The second-order valence-corrected chi connectivity index (χ2v) is 4.45. The van der Waals surface area contributed by atoms with Gasteiger partial charge in [0.2, 0.25) is 5.91 Å². The Morgan fingerprint density at radius 3 is 2.68 bits per heavy atom. The molecule has 1 rings (SSSR count). The predicted octanol–water partition coefficient (Wildman–Crippen LogP) is -0.333. The average Bonchev–Trinajstić information content (AvgIpc) is 2.75. The van der Waals surface area contributed by atoms with Gasteiger partial charge in [0.05, 0.1) is 0 Å². The van der Waals surface area contributed by atoms with E-state index in [1.54, 1.807) is 0 Å². The topological polar surface area (TPSA) is 129 Å². The largest absolute Gasteiger partial charge is 0.480 e. The molecule has 1 aromatic rings. The summed E-state index contributed by atoms with van der Waals surface area (Å²) in [4.78, 5) is 37.2. The molecule has 1 heterocycles.